The van der Waals surface area contributed by atoms with E-state index in [1.165, 1.54) is 0 Å². The fourth-order valence-electron chi connectivity index (χ4n) is 0.890. The number of carbonyl (C=O) groups is 1. The van der Waals surface area contributed by atoms with Crippen molar-refractivity contribution in [3.63, 3.8) is 0 Å². The van der Waals surface area contributed by atoms with Crippen molar-refractivity contribution in [3.8, 4) is 0 Å². The second kappa shape index (κ2) is 12.2. The first-order valence-electron chi connectivity index (χ1n) is 5.13. The fraction of sp³-hybridized carbons (Fsp3) is 0.889. The topological polar surface area (TPSA) is 94.5 Å². The van der Waals surface area contributed by atoms with Crippen LogP contribution in [0.1, 0.15) is 25.7 Å². The Morgan fingerprint density at radius 1 is 0.750 bits per heavy atom. The molecule has 0 heterocycles. The maximum absolute atomic E-state index is 10.9. The summed E-state index contributed by atoms with van der Waals surface area (Å²) in [5, 5.41) is 16.0. The second-order valence-corrected chi connectivity index (χ2v) is 3.03. The Hall–Kier alpha value is -0.890. The smallest absolute Gasteiger partial charge is 0.434 e. The van der Waals surface area contributed by atoms with Crippen LogP contribution in [0.15, 0.2) is 0 Å². The molecule has 0 spiro atoms. The summed E-state index contributed by atoms with van der Waals surface area (Å²) in [7, 11) is 0. The van der Waals surface area contributed by atoms with E-state index < -0.39 is 6.16 Å². The average Bonchev–Trinajstić information content (AvgIpc) is 2.28. The van der Waals surface area contributed by atoms with Crippen LogP contribution in [0.25, 0.3) is 0 Å². The minimum atomic E-state index is -0.713. The van der Waals surface area contributed by atoms with Crippen LogP contribution in [0.2, 0.25) is 0 Å². The van der Waals surface area contributed by atoms with E-state index in [-0.39, 0.29) is 26.4 Å². The van der Waals surface area contributed by atoms with Crippen LogP contribution in [0.3, 0.4) is 0 Å². The minimum absolute atomic E-state index is 0.222. The highest BCUT2D eigenvalue weighted by Gasteiger charge is 2.02. The van der Waals surface area contributed by atoms with E-state index in [0.29, 0.717) is 25.7 Å². The van der Waals surface area contributed by atoms with E-state index in [2.05, 4.69) is 9.78 Å². The molecule has 0 bridgehead atoms. The summed E-state index contributed by atoms with van der Waals surface area (Å²) in [6.45, 7) is 0.920. The van der Waals surface area contributed by atoms with Crippen LogP contribution in [-0.2, 0) is 19.2 Å². The van der Waals surface area contributed by atoms with Gasteiger partial charge in [-0.05, 0) is 25.7 Å². The highest BCUT2D eigenvalue weighted by Crippen LogP contribution is 1.95. The molecule has 0 aromatic carbocycles. The molecule has 0 amide bonds. The molecule has 0 fully saturated rings. The minimum Gasteiger partial charge on any atom is -0.434 e. The first kappa shape index (κ1) is 15.1. The van der Waals surface area contributed by atoms with Gasteiger partial charge in [-0.25, -0.2) is 14.6 Å². The van der Waals surface area contributed by atoms with Gasteiger partial charge in [0.1, 0.15) is 0 Å². The summed E-state index contributed by atoms with van der Waals surface area (Å²) in [5.41, 5.74) is 0. The molecule has 0 saturated carbocycles. The van der Waals surface area contributed by atoms with Crippen molar-refractivity contribution in [1.82, 2.24) is 0 Å². The lowest BCUT2D eigenvalue weighted by atomic mass is 10.3. The normalized spacial score (nSPS) is 10.1. The Kier molecular flexibility index (Phi) is 11.5. The third kappa shape index (κ3) is 11.2. The van der Waals surface area contributed by atoms with E-state index in [1.54, 1.807) is 0 Å². The van der Waals surface area contributed by atoms with Gasteiger partial charge < -0.3 is 9.47 Å². The third-order valence-electron chi connectivity index (χ3n) is 1.70. The molecule has 0 radical (unpaired) electrons. The van der Waals surface area contributed by atoms with Crippen LogP contribution in [0, 0.1) is 0 Å². The van der Waals surface area contributed by atoms with Gasteiger partial charge in [0.15, 0.2) is 0 Å². The van der Waals surface area contributed by atoms with Gasteiger partial charge >= 0.3 is 6.16 Å². The Balaban J connectivity index is 3.12. The van der Waals surface area contributed by atoms with Crippen molar-refractivity contribution in [2.24, 2.45) is 0 Å². The van der Waals surface area contributed by atoms with Gasteiger partial charge in [-0.3, -0.25) is 10.5 Å². The largest absolute Gasteiger partial charge is 0.508 e. The van der Waals surface area contributed by atoms with Gasteiger partial charge in [-0.2, -0.15) is 0 Å². The Labute approximate surface area is 93.7 Å². The molecule has 96 valence electrons. The third-order valence-corrected chi connectivity index (χ3v) is 1.70. The van der Waals surface area contributed by atoms with Crippen LogP contribution in [-0.4, -0.2) is 43.1 Å². The maximum atomic E-state index is 10.9. The number of unbranched alkanes of at least 4 members (excludes halogenated alkanes) is 2. The zero-order valence-corrected chi connectivity index (χ0v) is 9.09. The molecule has 16 heavy (non-hydrogen) atoms. The summed E-state index contributed by atoms with van der Waals surface area (Å²) in [6, 6.07) is 0. The first-order valence-corrected chi connectivity index (χ1v) is 5.13. The van der Waals surface area contributed by atoms with Crippen LogP contribution >= 0.6 is 0 Å². The van der Waals surface area contributed by atoms with E-state index >= 15 is 0 Å². The summed E-state index contributed by atoms with van der Waals surface area (Å²) in [5.74, 6) is 0. The molecule has 0 aromatic rings. The molecular weight excluding hydrogens is 220 g/mol. The van der Waals surface area contributed by atoms with Gasteiger partial charge in [0.2, 0.25) is 0 Å². The molecule has 0 aliphatic rings. The van der Waals surface area contributed by atoms with E-state index in [4.69, 9.17) is 20.0 Å². The highest BCUT2D eigenvalue weighted by atomic mass is 17.1. The Morgan fingerprint density at radius 3 is 1.50 bits per heavy atom. The van der Waals surface area contributed by atoms with Gasteiger partial charge in [-0.1, -0.05) is 0 Å². The van der Waals surface area contributed by atoms with Gasteiger partial charge in [-0.15, -0.1) is 0 Å². The quantitative estimate of drug-likeness (QED) is 0.259. The van der Waals surface area contributed by atoms with E-state index in [9.17, 15) is 4.79 Å². The predicted octanol–water partition coefficient (Wildman–Crippen LogP) is 1.68. The summed E-state index contributed by atoms with van der Waals surface area (Å²) >= 11 is 0. The van der Waals surface area contributed by atoms with Gasteiger partial charge in [0.25, 0.3) is 0 Å². The molecule has 7 nitrogen and oxygen atoms in total. The first-order chi connectivity index (χ1) is 7.81. The monoisotopic (exact) mass is 238 g/mol. The lowest BCUT2D eigenvalue weighted by Crippen LogP contribution is -2.10. The number of carbonyl (C=O) groups excluding carboxylic acids is 1. The number of hydrogen-bond acceptors (Lipinski definition) is 7. The maximum Gasteiger partial charge on any atom is 0.508 e. The average molecular weight is 238 g/mol. The summed E-state index contributed by atoms with van der Waals surface area (Å²) < 4.78 is 9.43. The molecule has 0 rings (SSSR count). The van der Waals surface area contributed by atoms with Crippen molar-refractivity contribution in [2.45, 2.75) is 25.7 Å². The molecule has 0 aliphatic carbocycles. The van der Waals surface area contributed by atoms with Crippen molar-refractivity contribution < 1.29 is 34.6 Å². The van der Waals surface area contributed by atoms with E-state index in [1.807, 2.05) is 0 Å². The van der Waals surface area contributed by atoms with Crippen molar-refractivity contribution in [1.29, 1.82) is 0 Å². The summed E-state index contributed by atoms with van der Waals surface area (Å²) in [4.78, 5) is 18.6. The Bertz CT molecular complexity index is 146. The molecule has 0 aliphatic heterocycles. The van der Waals surface area contributed by atoms with E-state index in [0.717, 1.165) is 0 Å². The lowest BCUT2D eigenvalue weighted by Gasteiger charge is -2.05. The molecule has 7 heteroatoms. The molecule has 0 aromatic heterocycles. The highest BCUT2D eigenvalue weighted by molar-refractivity contribution is 5.59. The van der Waals surface area contributed by atoms with Crippen LogP contribution in [0.4, 0.5) is 4.79 Å². The van der Waals surface area contributed by atoms with Crippen molar-refractivity contribution >= 4 is 6.16 Å². The second-order valence-electron chi connectivity index (χ2n) is 3.03. The Morgan fingerprint density at radius 2 is 1.12 bits per heavy atom. The molecule has 0 saturated heterocycles. The fourth-order valence-corrected chi connectivity index (χ4v) is 0.890. The number of ether oxygens (including phenoxy) is 2. The predicted molar refractivity (Wildman–Crippen MR) is 52.9 cm³/mol. The van der Waals surface area contributed by atoms with Gasteiger partial charge in [0, 0.05) is 0 Å². The van der Waals surface area contributed by atoms with Gasteiger partial charge in [0.05, 0.1) is 26.4 Å². The zero-order chi connectivity index (χ0) is 12.1. The SMILES string of the molecule is O=C(OCCCCOO)OCCCCOO. The molecule has 0 unspecified atom stereocenters. The standard InChI is InChI=1S/C9H18O7/c10-9(13-5-1-3-7-15-11)14-6-2-4-8-16-12/h11-12H,1-8H2. The zero-order valence-electron chi connectivity index (χ0n) is 9.09. The molecule has 2 N–H and O–H groups in total. The van der Waals surface area contributed by atoms with Crippen molar-refractivity contribution in [3.05, 3.63) is 0 Å². The number of rotatable bonds is 10. The molecule has 0 atom stereocenters. The van der Waals surface area contributed by atoms with Crippen LogP contribution in [0.5, 0.6) is 0 Å². The number of hydrogen-bond donors (Lipinski definition) is 2. The molecular formula is C9H18O7. The summed E-state index contributed by atoms with van der Waals surface area (Å²) in [6.07, 6.45) is 1.71. The van der Waals surface area contributed by atoms with Crippen LogP contribution < -0.4 is 0 Å². The van der Waals surface area contributed by atoms with Crippen molar-refractivity contribution in [2.75, 3.05) is 26.4 Å². The lowest BCUT2D eigenvalue weighted by molar-refractivity contribution is -0.243.